The van der Waals surface area contributed by atoms with Gasteiger partial charge in [-0.3, -0.25) is 4.79 Å². The molecule has 0 saturated carbocycles. The molecule has 0 heterocycles. The van der Waals surface area contributed by atoms with E-state index in [4.69, 9.17) is 0 Å². The fraction of sp³-hybridized carbons (Fsp3) is 0.235. The second-order valence-electron chi connectivity index (χ2n) is 5.05. The van der Waals surface area contributed by atoms with E-state index < -0.39 is 0 Å². The predicted molar refractivity (Wildman–Crippen MR) is 85.8 cm³/mol. The van der Waals surface area contributed by atoms with Crippen LogP contribution in [0.15, 0.2) is 53.0 Å². The van der Waals surface area contributed by atoms with E-state index in [1.807, 2.05) is 19.2 Å². The minimum absolute atomic E-state index is 0.0304. The molecule has 21 heavy (non-hydrogen) atoms. The summed E-state index contributed by atoms with van der Waals surface area (Å²) in [4.78, 5) is 14.1. The highest BCUT2D eigenvalue weighted by molar-refractivity contribution is 9.10. The van der Waals surface area contributed by atoms with Crippen LogP contribution in [0, 0.1) is 5.82 Å². The third-order valence-electron chi connectivity index (χ3n) is 3.23. The topological polar surface area (TPSA) is 20.3 Å². The number of Topliss-reactive ketones (excluding diaryl/α,β-unsaturated/α-hetero) is 1. The summed E-state index contributed by atoms with van der Waals surface area (Å²) >= 11 is 3.40. The molecule has 2 rings (SSSR count). The van der Waals surface area contributed by atoms with Crippen LogP contribution in [0.1, 0.15) is 22.3 Å². The molecule has 0 bridgehead atoms. The van der Waals surface area contributed by atoms with Gasteiger partial charge in [-0.2, -0.15) is 0 Å². The number of ketones is 1. The number of benzene rings is 2. The first-order valence-electron chi connectivity index (χ1n) is 6.76. The molecule has 0 aliphatic rings. The van der Waals surface area contributed by atoms with Gasteiger partial charge in [-0.1, -0.05) is 40.2 Å². The normalized spacial score (nSPS) is 10.9. The molecule has 4 heteroatoms. The van der Waals surface area contributed by atoms with Crippen LogP contribution in [0.4, 0.5) is 4.39 Å². The summed E-state index contributed by atoms with van der Waals surface area (Å²) in [5.41, 5.74) is 1.63. The molecule has 0 N–H and O–H groups in total. The molecule has 0 amide bonds. The van der Waals surface area contributed by atoms with Crippen molar-refractivity contribution in [3.8, 4) is 0 Å². The third kappa shape index (κ3) is 5.06. The van der Waals surface area contributed by atoms with Gasteiger partial charge in [-0.05, 0) is 36.9 Å². The van der Waals surface area contributed by atoms with Crippen LogP contribution in [0.5, 0.6) is 0 Å². The van der Waals surface area contributed by atoms with E-state index in [1.165, 1.54) is 17.7 Å². The van der Waals surface area contributed by atoms with E-state index in [2.05, 4.69) is 33.0 Å². The van der Waals surface area contributed by atoms with Gasteiger partial charge >= 0.3 is 0 Å². The number of hydrogen-bond donors (Lipinski definition) is 0. The number of hydrogen-bond acceptors (Lipinski definition) is 2. The Bertz CT molecular complexity index is 612. The number of nitrogens with zero attached hydrogens (tertiary/aromatic N) is 1. The lowest BCUT2D eigenvalue weighted by Crippen LogP contribution is -2.21. The lowest BCUT2D eigenvalue weighted by molar-refractivity contribution is 0.0967. The van der Waals surface area contributed by atoms with Crippen LogP contribution >= 0.6 is 15.9 Å². The fourth-order valence-electron chi connectivity index (χ4n) is 2.08. The third-order valence-corrected chi connectivity index (χ3v) is 3.76. The zero-order chi connectivity index (χ0) is 15.2. The van der Waals surface area contributed by atoms with E-state index in [9.17, 15) is 9.18 Å². The minimum Gasteiger partial charge on any atom is -0.302 e. The first kappa shape index (κ1) is 15.9. The summed E-state index contributed by atoms with van der Waals surface area (Å²) < 4.78 is 14.1. The van der Waals surface area contributed by atoms with E-state index in [1.54, 1.807) is 12.1 Å². The van der Waals surface area contributed by atoms with Crippen LogP contribution in [0.3, 0.4) is 0 Å². The van der Waals surface area contributed by atoms with Crippen molar-refractivity contribution < 1.29 is 9.18 Å². The Morgan fingerprint density at radius 1 is 1.19 bits per heavy atom. The molecule has 2 aromatic rings. The van der Waals surface area contributed by atoms with Gasteiger partial charge in [-0.15, -0.1) is 0 Å². The number of rotatable bonds is 6. The molecule has 0 spiro atoms. The quantitative estimate of drug-likeness (QED) is 0.725. The van der Waals surface area contributed by atoms with Crippen LogP contribution < -0.4 is 0 Å². The molecule has 0 radical (unpaired) electrons. The zero-order valence-corrected chi connectivity index (χ0v) is 13.4. The molecular weight excluding hydrogens is 333 g/mol. The second kappa shape index (κ2) is 7.48. The maximum atomic E-state index is 13.1. The monoisotopic (exact) mass is 349 g/mol. The molecule has 2 aromatic carbocycles. The molecule has 0 saturated heterocycles. The Kier molecular flexibility index (Phi) is 5.65. The smallest absolute Gasteiger partial charge is 0.164 e. The van der Waals surface area contributed by atoms with Gasteiger partial charge < -0.3 is 4.90 Å². The molecule has 2 nitrogen and oxygen atoms in total. The minimum atomic E-state index is -0.371. The Balaban J connectivity index is 1.84. The van der Waals surface area contributed by atoms with Gasteiger partial charge in [0.05, 0.1) is 0 Å². The van der Waals surface area contributed by atoms with Crippen molar-refractivity contribution in [2.24, 2.45) is 0 Å². The lowest BCUT2D eigenvalue weighted by atomic mass is 10.1. The first-order valence-corrected chi connectivity index (χ1v) is 7.55. The Morgan fingerprint density at radius 3 is 2.57 bits per heavy atom. The highest BCUT2D eigenvalue weighted by Crippen LogP contribution is 2.12. The van der Waals surface area contributed by atoms with Crippen LogP contribution in [0.25, 0.3) is 0 Å². The van der Waals surface area contributed by atoms with Gasteiger partial charge in [0.25, 0.3) is 0 Å². The zero-order valence-electron chi connectivity index (χ0n) is 11.9. The highest BCUT2D eigenvalue weighted by atomic mass is 79.9. The maximum Gasteiger partial charge on any atom is 0.164 e. The molecular formula is C17H17BrFNO. The van der Waals surface area contributed by atoms with Gasteiger partial charge in [0.1, 0.15) is 5.82 Å². The van der Waals surface area contributed by atoms with Crippen molar-refractivity contribution in [3.05, 3.63) is 69.9 Å². The Morgan fingerprint density at radius 2 is 1.90 bits per heavy atom. The van der Waals surface area contributed by atoms with E-state index in [-0.39, 0.29) is 11.6 Å². The molecule has 0 aliphatic heterocycles. The SMILES string of the molecule is CN(CCC(=O)c1cccc(F)c1)Cc1ccc(Br)cc1. The molecule has 110 valence electrons. The van der Waals surface area contributed by atoms with Crippen LogP contribution in [-0.2, 0) is 6.54 Å². The number of carbonyl (C=O) groups is 1. The lowest BCUT2D eigenvalue weighted by Gasteiger charge is -2.16. The average molecular weight is 350 g/mol. The number of carbonyl (C=O) groups excluding carboxylic acids is 1. The first-order chi connectivity index (χ1) is 10.0. The Hall–Kier alpha value is -1.52. The fourth-order valence-corrected chi connectivity index (χ4v) is 2.34. The summed E-state index contributed by atoms with van der Waals surface area (Å²) in [6.45, 7) is 1.43. The van der Waals surface area contributed by atoms with Gasteiger partial charge in [0.2, 0.25) is 0 Å². The van der Waals surface area contributed by atoms with Crippen LogP contribution in [-0.4, -0.2) is 24.3 Å². The van der Waals surface area contributed by atoms with E-state index in [0.29, 0.717) is 18.5 Å². The number of halogens is 2. The summed E-state index contributed by atoms with van der Waals surface area (Å²) in [5, 5.41) is 0. The molecule has 0 unspecified atom stereocenters. The van der Waals surface area contributed by atoms with Gasteiger partial charge in [0, 0.05) is 29.5 Å². The maximum absolute atomic E-state index is 13.1. The second-order valence-corrected chi connectivity index (χ2v) is 5.96. The summed E-state index contributed by atoms with van der Waals surface area (Å²) in [6.07, 6.45) is 0.385. The molecule has 0 atom stereocenters. The molecule has 0 fully saturated rings. The van der Waals surface area contributed by atoms with Crippen LogP contribution in [0.2, 0.25) is 0 Å². The largest absolute Gasteiger partial charge is 0.302 e. The molecule has 0 aromatic heterocycles. The summed E-state index contributed by atoms with van der Waals surface area (Å²) in [5.74, 6) is -0.402. The summed E-state index contributed by atoms with van der Waals surface area (Å²) in [6, 6.07) is 14.0. The Labute approximate surface area is 132 Å². The standard InChI is InChI=1S/C17H17BrFNO/c1-20(12-13-5-7-15(18)8-6-13)10-9-17(21)14-3-2-4-16(19)11-14/h2-8,11H,9-10,12H2,1H3. The highest BCUT2D eigenvalue weighted by Gasteiger charge is 2.08. The van der Waals surface area contributed by atoms with Gasteiger partial charge in [0.15, 0.2) is 5.78 Å². The van der Waals surface area contributed by atoms with Crippen molar-refractivity contribution in [1.82, 2.24) is 4.90 Å². The predicted octanol–water partition coefficient (Wildman–Crippen LogP) is 4.29. The summed E-state index contributed by atoms with van der Waals surface area (Å²) in [7, 11) is 1.97. The van der Waals surface area contributed by atoms with Crippen molar-refractivity contribution in [2.45, 2.75) is 13.0 Å². The van der Waals surface area contributed by atoms with Gasteiger partial charge in [-0.25, -0.2) is 4.39 Å². The van der Waals surface area contributed by atoms with Crippen molar-refractivity contribution in [3.63, 3.8) is 0 Å². The van der Waals surface area contributed by atoms with E-state index in [0.717, 1.165) is 11.0 Å². The van der Waals surface area contributed by atoms with Crippen molar-refractivity contribution >= 4 is 21.7 Å². The van der Waals surface area contributed by atoms with Crippen molar-refractivity contribution in [1.29, 1.82) is 0 Å². The average Bonchev–Trinajstić information content (AvgIpc) is 2.47. The molecule has 0 aliphatic carbocycles. The van der Waals surface area contributed by atoms with E-state index >= 15 is 0 Å². The van der Waals surface area contributed by atoms with Crippen molar-refractivity contribution in [2.75, 3.05) is 13.6 Å².